The molecule has 7 heteroatoms. The summed E-state index contributed by atoms with van der Waals surface area (Å²) < 4.78 is 10.6. The molecule has 2 aromatic rings. The fourth-order valence-corrected chi connectivity index (χ4v) is 2.07. The molecule has 1 aromatic heterocycles. The number of anilines is 2. The number of ether oxygens (including phenoxy) is 2. The van der Waals surface area contributed by atoms with E-state index in [2.05, 4.69) is 9.97 Å². The molecule has 21 heavy (non-hydrogen) atoms. The number of hydrogen-bond donors (Lipinski definition) is 2. The summed E-state index contributed by atoms with van der Waals surface area (Å²) in [6, 6.07) is 3.58. The van der Waals surface area contributed by atoms with Gasteiger partial charge in [-0.1, -0.05) is 0 Å². The molecule has 0 radical (unpaired) electrons. The minimum Gasteiger partial charge on any atom is -0.493 e. The van der Waals surface area contributed by atoms with Gasteiger partial charge in [-0.25, -0.2) is 4.98 Å². The number of rotatable bonds is 6. The second-order valence-corrected chi connectivity index (χ2v) is 4.70. The molecule has 0 aliphatic carbocycles. The Morgan fingerprint density at radius 1 is 1.14 bits per heavy atom. The standard InChI is InChI=1S/C14H21N5O2/c1-19(6-4-5-15)14-17-10-8-12(21-3)11(20-2)7-9(10)13(16)18-14/h7-8H,4-6,15H2,1-3H3,(H2,16,17,18). The lowest BCUT2D eigenvalue weighted by Gasteiger charge is -2.18. The molecule has 2 rings (SSSR count). The topological polar surface area (TPSA) is 99.5 Å². The summed E-state index contributed by atoms with van der Waals surface area (Å²) in [4.78, 5) is 10.8. The van der Waals surface area contributed by atoms with Crippen molar-refractivity contribution >= 4 is 22.7 Å². The number of methoxy groups -OCH3 is 2. The van der Waals surface area contributed by atoms with Crippen LogP contribution in [0.4, 0.5) is 11.8 Å². The average molecular weight is 291 g/mol. The first-order valence-electron chi connectivity index (χ1n) is 6.71. The van der Waals surface area contributed by atoms with E-state index in [4.69, 9.17) is 20.9 Å². The second-order valence-electron chi connectivity index (χ2n) is 4.70. The highest BCUT2D eigenvalue weighted by Crippen LogP contribution is 2.33. The van der Waals surface area contributed by atoms with E-state index in [1.54, 1.807) is 26.4 Å². The summed E-state index contributed by atoms with van der Waals surface area (Å²) in [5.74, 6) is 2.19. The molecule has 0 atom stereocenters. The van der Waals surface area contributed by atoms with E-state index in [1.165, 1.54) is 0 Å². The van der Waals surface area contributed by atoms with E-state index in [9.17, 15) is 0 Å². The van der Waals surface area contributed by atoms with E-state index in [0.717, 1.165) is 23.9 Å². The maximum Gasteiger partial charge on any atom is 0.227 e. The first-order valence-corrected chi connectivity index (χ1v) is 6.71. The van der Waals surface area contributed by atoms with Gasteiger partial charge in [-0.2, -0.15) is 4.98 Å². The first-order chi connectivity index (χ1) is 10.1. The molecular weight excluding hydrogens is 270 g/mol. The van der Waals surface area contributed by atoms with Crippen LogP contribution < -0.4 is 25.8 Å². The fourth-order valence-electron chi connectivity index (χ4n) is 2.07. The molecule has 0 amide bonds. The lowest BCUT2D eigenvalue weighted by atomic mass is 10.2. The van der Waals surface area contributed by atoms with Crippen molar-refractivity contribution in [1.29, 1.82) is 0 Å². The zero-order chi connectivity index (χ0) is 15.4. The molecule has 0 aliphatic heterocycles. The third-order valence-corrected chi connectivity index (χ3v) is 3.26. The van der Waals surface area contributed by atoms with Gasteiger partial charge in [-0.15, -0.1) is 0 Å². The maximum atomic E-state index is 6.04. The minimum absolute atomic E-state index is 0.413. The van der Waals surface area contributed by atoms with Crippen LogP contribution >= 0.6 is 0 Å². The van der Waals surface area contributed by atoms with Crippen molar-refractivity contribution in [2.75, 3.05) is 45.0 Å². The molecule has 0 fully saturated rings. The molecule has 114 valence electrons. The molecule has 0 saturated heterocycles. The van der Waals surface area contributed by atoms with Gasteiger partial charge >= 0.3 is 0 Å². The number of benzene rings is 1. The highest BCUT2D eigenvalue weighted by molar-refractivity contribution is 5.91. The largest absolute Gasteiger partial charge is 0.493 e. The number of hydrogen-bond acceptors (Lipinski definition) is 7. The van der Waals surface area contributed by atoms with Crippen molar-refractivity contribution in [2.45, 2.75) is 6.42 Å². The fraction of sp³-hybridized carbons (Fsp3) is 0.429. The van der Waals surface area contributed by atoms with Gasteiger partial charge in [0.1, 0.15) is 5.82 Å². The normalized spacial score (nSPS) is 10.7. The van der Waals surface area contributed by atoms with Gasteiger partial charge in [0, 0.05) is 25.0 Å². The summed E-state index contributed by atoms with van der Waals surface area (Å²) in [7, 11) is 5.08. The van der Waals surface area contributed by atoms with E-state index < -0.39 is 0 Å². The Morgan fingerprint density at radius 3 is 2.43 bits per heavy atom. The van der Waals surface area contributed by atoms with Crippen molar-refractivity contribution in [3.8, 4) is 11.5 Å². The average Bonchev–Trinajstić information content (AvgIpc) is 2.51. The number of nitrogen functional groups attached to an aromatic ring is 1. The summed E-state index contributed by atoms with van der Waals surface area (Å²) in [6.45, 7) is 1.40. The van der Waals surface area contributed by atoms with Gasteiger partial charge in [0.2, 0.25) is 5.95 Å². The lowest BCUT2D eigenvalue weighted by Crippen LogP contribution is -2.23. The summed E-state index contributed by atoms with van der Waals surface area (Å²) >= 11 is 0. The number of aromatic nitrogens is 2. The minimum atomic E-state index is 0.413. The molecule has 1 heterocycles. The molecular formula is C14H21N5O2. The Bertz CT molecular complexity index is 632. The summed E-state index contributed by atoms with van der Waals surface area (Å²) in [5, 5.41) is 0.739. The molecule has 0 unspecified atom stereocenters. The SMILES string of the molecule is COc1cc2nc(N(C)CCCN)nc(N)c2cc1OC. The maximum absolute atomic E-state index is 6.04. The summed E-state index contributed by atoms with van der Waals surface area (Å²) in [5.41, 5.74) is 12.3. The molecule has 0 spiro atoms. The molecule has 1 aromatic carbocycles. The Kier molecular flexibility index (Phi) is 4.64. The van der Waals surface area contributed by atoms with Crippen LogP contribution in [0.1, 0.15) is 6.42 Å². The van der Waals surface area contributed by atoms with Crippen molar-refractivity contribution in [2.24, 2.45) is 5.73 Å². The Balaban J connectivity index is 2.49. The third-order valence-electron chi connectivity index (χ3n) is 3.26. The smallest absolute Gasteiger partial charge is 0.227 e. The van der Waals surface area contributed by atoms with Gasteiger partial charge in [0.15, 0.2) is 11.5 Å². The van der Waals surface area contributed by atoms with Crippen molar-refractivity contribution < 1.29 is 9.47 Å². The van der Waals surface area contributed by atoms with Gasteiger partial charge in [0.25, 0.3) is 0 Å². The van der Waals surface area contributed by atoms with Crippen molar-refractivity contribution in [3.63, 3.8) is 0 Å². The number of nitrogens with two attached hydrogens (primary N) is 2. The van der Waals surface area contributed by atoms with Gasteiger partial charge in [-0.05, 0) is 19.0 Å². The van der Waals surface area contributed by atoms with Crippen LogP contribution in [0.2, 0.25) is 0 Å². The Morgan fingerprint density at radius 2 is 1.81 bits per heavy atom. The van der Waals surface area contributed by atoms with E-state index >= 15 is 0 Å². The molecule has 0 aliphatic rings. The highest BCUT2D eigenvalue weighted by atomic mass is 16.5. The molecule has 7 nitrogen and oxygen atoms in total. The number of fused-ring (bicyclic) bond motifs is 1. The van der Waals surface area contributed by atoms with Crippen LogP contribution in [0.15, 0.2) is 12.1 Å². The molecule has 0 bridgehead atoms. The molecule has 0 saturated carbocycles. The van der Waals surface area contributed by atoms with Crippen molar-refractivity contribution in [1.82, 2.24) is 9.97 Å². The van der Waals surface area contributed by atoms with E-state index in [1.807, 2.05) is 11.9 Å². The highest BCUT2D eigenvalue weighted by Gasteiger charge is 2.13. The van der Waals surface area contributed by atoms with Crippen LogP contribution in [0.25, 0.3) is 10.9 Å². The van der Waals surface area contributed by atoms with Crippen LogP contribution in [0, 0.1) is 0 Å². The van der Waals surface area contributed by atoms with E-state index in [-0.39, 0.29) is 0 Å². The Hall–Kier alpha value is -2.28. The third kappa shape index (κ3) is 3.08. The quantitative estimate of drug-likeness (QED) is 0.819. The van der Waals surface area contributed by atoms with Gasteiger partial charge in [-0.3, -0.25) is 0 Å². The zero-order valence-electron chi connectivity index (χ0n) is 12.6. The van der Waals surface area contributed by atoms with Crippen LogP contribution in [0.3, 0.4) is 0 Å². The lowest BCUT2D eigenvalue weighted by molar-refractivity contribution is 0.356. The zero-order valence-corrected chi connectivity index (χ0v) is 12.6. The van der Waals surface area contributed by atoms with Crippen LogP contribution in [0.5, 0.6) is 11.5 Å². The van der Waals surface area contributed by atoms with E-state index in [0.29, 0.717) is 29.8 Å². The molecule has 4 N–H and O–H groups in total. The Labute approximate surface area is 123 Å². The second kappa shape index (κ2) is 6.45. The van der Waals surface area contributed by atoms with Crippen molar-refractivity contribution in [3.05, 3.63) is 12.1 Å². The predicted molar refractivity (Wildman–Crippen MR) is 84.0 cm³/mol. The van der Waals surface area contributed by atoms with Gasteiger partial charge < -0.3 is 25.8 Å². The number of nitrogens with zero attached hydrogens (tertiary/aromatic N) is 3. The first kappa shape index (κ1) is 15.1. The van der Waals surface area contributed by atoms with Crippen LogP contribution in [-0.4, -0.2) is 44.3 Å². The summed E-state index contributed by atoms with van der Waals surface area (Å²) in [6.07, 6.45) is 0.865. The monoisotopic (exact) mass is 291 g/mol. The predicted octanol–water partition coefficient (Wildman–Crippen LogP) is 1.01. The van der Waals surface area contributed by atoms with Gasteiger partial charge in [0.05, 0.1) is 19.7 Å². The van der Waals surface area contributed by atoms with Crippen LogP contribution in [-0.2, 0) is 0 Å².